The quantitative estimate of drug-likeness (QED) is 0.359. The third kappa shape index (κ3) is 4.36. The van der Waals surface area contributed by atoms with Crippen molar-refractivity contribution >= 4 is 52.1 Å². The lowest BCUT2D eigenvalue weighted by molar-refractivity contribution is -0.130. The molecule has 1 aliphatic heterocycles. The molecule has 2 atom stereocenters. The van der Waals surface area contributed by atoms with Crippen LogP contribution in [0.3, 0.4) is 0 Å². The molecule has 0 saturated heterocycles. The first-order valence-electron chi connectivity index (χ1n) is 11.0. The normalized spacial score (nSPS) is 21.6. The number of thiophene rings is 2. The Morgan fingerprint density at radius 2 is 2.03 bits per heavy atom. The van der Waals surface area contributed by atoms with Crippen LogP contribution < -0.4 is 0 Å². The van der Waals surface area contributed by atoms with E-state index in [2.05, 4.69) is 73.1 Å². The van der Waals surface area contributed by atoms with Crippen molar-refractivity contribution in [1.82, 2.24) is 5.01 Å². The lowest BCUT2D eigenvalue weighted by Crippen LogP contribution is -2.32. The SMILES string of the molecule is Cc1ccc(C)c(SCC(=O)N2N=C3C(=Cc4cccs4)CCCC3C2c2cccs2)c1. The fraction of sp³-hybridized carbons (Fsp3) is 0.308. The van der Waals surface area contributed by atoms with E-state index in [0.717, 1.165) is 25.0 Å². The number of fused-ring (bicyclic) bond motifs is 1. The molecule has 2 unspecified atom stereocenters. The second kappa shape index (κ2) is 9.38. The smallest absolute Gasteiger partial charge is 0.253 e. The first kappa shape index (κ1) is 21.7. The van der Waals surface area contributed by atoms with Crippen LogP contribution in [0.2, 0.25) is 0 Å². The molecule has 5 rings (SSSR count). The summed E-state index contributed by atoms with van der Waals surface area (Å²) in [6.45, 7) is 4.20. The van der Waals surface area contributed by atoms with Crippen LogP contribution in [0.25, 0.3) is 6.08 Å². The summed E-state index contributed by atoms with van der Waals surface area (Å²) in [4.78, 5) is 17.1. The second-order valence-electron chi connectivity index (χ2n) is 8.43. The van der Waals surface area contributed by atoms with Gasteiger partial charge in [-0.15, -0.1) is 34.4 Å². The van der Waals surface area contributed by atoms with E-state index in [1.54, 1.807) is 39.4 Å². The van der Waals surface area contributed by atoms with Crippen molar-refractivity contribution in [1.29, 1.82) is 0 Å². The van der Waals surface area contributed by atoms with Crippen LogP contribution in [-0.2, 0) is 4.79 Å². The molecular formula is C26H26N2OS3. The Morgan fingerprint density at radius 3 is 2.81 bits per heavy atom. The lowest BCUT2D eigenvalue weighted by Gasteiger charge is -2.28. The van der Waals surface area contributed by atoms with Gasteiger partial charge in [-0.2, -0.15) is 5.10 Å². The molecule has 6 heteroatoms. The highest BCUT2D eigenvalue weighted by Crippen LogP contribution is 2.46. The van der Waals surface area contributed by atoms with E-state index in [4.69, 9.17) is 5.10 Å². The minimum atomic E-state index is 0.0174. The van der Waals surface area contributed by atoms with Crippen molar-refractivity contribution in [3.8, 4) is 0 Å². The molecule has 164 valence electrons. The zero-order valence-corrected chi connectivity index (χ0v) is 20.7. The summed E-state index contributed by atoms with van der Waals surface area (Å²) in [6, 6.07) is 14.9. The highest BCUT2D eigenvalue weighted by Gasteiger charge is 2.44. The predicted molar refractivity (Wildman–Crippen MR) is 138 cm³/mol. The number of hydrazone groups is 1. The summed E-state index contributed by atoms with van der Waals surface area (Å²) in [5.74, 6) is 0.773. The predicted octanol–water partition coefficient (Wildman–Crippen LogP) is 7.34. The summed E-state index contributed by atoms with van der Waals surface area (Å²) in [6.07, 6.45) is 5.53. The fourth-order valence-corrected chi connectivity index (χ4v) is 7.09. The Labute approximate surface area is 201 Å². The average molecular weight is 479 g/mol. The monoisotopic (exact) mass is 478 g/mol. The van der Waals surface area contributed by atoms with Crippen molar-refractivity contribution in [3.05, 3.63) is 79.7 Å². The van der Waals surface area contributed by atoms with Gasteiger partial charge in [-0.1, -0.05) is 29.8 Å². The van der Waals surface area contributed by atoms with E-state index in [0.29, 0.717) is 5.75 Å². The van der Waals surface area contributed by atoms with Crippen molar-refractivity contribution in [2.75, 3.05) is 5.75 Å². The molecule has 3 heterocycles. The molecular weight excluding hydrogens is 453 g/mol. The Morgan fingerprint density at radius 1 is 1.19 bits per heavy atom. The number of carbonyl (C=O) groups is 1. The van der Waals surface area contributed by atoms with Crippen LogP contribution in [0.15, 0.2) is 68.8 Å². The zero-order chi connectivity index (χ0) is 22.1. The van der Waals surface area contributed by atoms with Gasteiger partial charge in [0.2, 0.25) is 0 Å². The van der Waals surface area contributed by atoms with E-state index in [9.17, 15) is 4.79 Å². The topological polar surface area (TPSA) is 32.7 Å². The maximum Gasteiger partial charge on any atom is 0.253 e. The Balaban J connectivity index is 1.44. The number of aryl methyl sites for hydroxylation is 2. The minimum absolute atomic E-state index is 0.0174. The van der Waals surface area contributed by atoms with Crippen LogP contribution in [0.1, 0.15) is 46.2 Å². The lowest BCUT2D eigenvalue weighted by atomic mass is 9.79. The van der Waals surface area contributed by atoms with Gasteiger partial charge in [-0.05, 0) is 79.3 Å². The average Bonchev–Trinajstić information content (AvgIpc) is 3.55. The van der Waals surface area contributed by atoms with Crippen molar-refractivity contribution in [2.24, 2.45) is 11.0 Å². The maximum atomic E-state index is 13.5. The van der Waals surface area contributed by atoms with Crippen LogP contribution >= 0.6 is 34.4 Å². The first-order valence-corrected chi connectivity index (χ1v) is 13.7. The third-order valence-corrected chi connectivity index (χ3v) is 9.05. The molecule has 0 bridgehead atoms. The van der Waals surface area contributed by atoms with Gasteiger partial charge in [-0.25, -0.2) is 5.01 Å². The Bertz CT molecular complexity index is 1160. The molecule has 0 spiro atoms. The second-order valence-corrected chi connectivity index (χ2v) is 11.4. The summed E-state index contributed by atoms with van der Waals surface area (Å²) < 4.78 is 0. The van der Waals surface area contributed by atoms with Crippen molar-refractivity contribution in [3.63, 3.8) is 0 Å². The zero-order valence-electron chi connectivity index (χ0n) is 18.3. The molecule has 1 fully saturated rings. The van der Waals surface area contributed by atoms with Crippen LogP contribution in [-0.4, -0.2) is 22.4 Å². The molecule has 0 radical (unpaired) electrons. The number of hydrogen-bond donors (Lipinski definition) is 0. The van der Waals surface area contributed by atoms with Gasteiger partial charge < -0.3 is 0 Å². The minimum Gasteiger partial charge on any atom is -0.272 e. The first-order chi connectivity index (χ1) is 15.6. The molecule has 3 nitrogen and oxygen atoms in total. The van der Waals surface area contributed by atoms with Crippen LogP contribution in [0, 0.1) is 19.8 Å². The Kier molecular flexibility index (Phi) is 6.35. The van der Waals surface area contributed by atoms with Gasteiger partial charge >= 0.3 is 0 Å². The summed E-state index contributed by atoms with van der Waals surface area (Å²) in [5, 5.41) is 11.0. The Hall–Kier alpha value is -2.15. The fourth-order valence-electron chi connectivity index (χ4n) is 4.56. The van der Waals surface area contributed by atoms with Gasteiger partial charge in [-0.3, -0.25) is 4.79 Å². The van der Waals surface area contributed by atoms with E-state index >= 15 is 0 Å². The molecule has 2 aromatic heterocycles. The van der Waals surface area contributed by atoms with E-state index in [1.165, 1.54) is 31.3 Å². The van der Waals surface area contributed by atoms with E-state index in [-0.39, 0.29) is 17.9 Å². The van der Waals surface area contributed by atoms with Gasteiger partial charge in [0.25, 0.3) is 5.91 Å². The van der Waals surface area contributed by atoms with Crippen LogP contribution in [0.5, 0.6) is 0 Å². The number of carbonyl (C=O) groups excluding carboxylic acids is 1. The molecule has 1 amide bonds. The number of allylic oxidation sites excluding steroid dienone is 1. The molecule has 0 N–H and O–H groups in total. The standard InChI is InChI=1S/C26H26N2OS3/c1-17-10-11-18(2)23(14-17)32-16-24(29)28-26(22-9-5-13-31-22)21-8-3-6-19(25(21)27-28)15-20-7-4-12-30-20/h4-5,7,9-15,21,26H,3,6,8,16H2,1-2H3. The number of amides is 1. The summed E-state index contributed by atoms with van der Waals surface area (Å²) in [7, 11) is 0. The molecule has 1 aliphatic carbocycles. The molecule has 1 aromatic carbocycles. The number of benzene rings is 1. The molecule has 32 heavy (non-hydrogen) atoms. The molecule has 1 saturated carbocycles. The molecule has 2 aliphatic rings. The largest absolute Gasteiger partial charge is 0.272 e. The number of nitrogens with zero attached hydrogens (tertiary/aromatic N) is 2. The highest BCUT2D eigenvalue weighted by atomic mass is 32.2. The number of thioether (sulfide) groups is 1. The third-order valence-electron chi connectivity index (χ3n) is 6.15. The van der Waals surface area contributed by atoms with Gasteiger partial charge in [0.05, 0.1) is 17.5 Å². The summed E-state index contributed by atoms with van der Waals surface area (Å²) >= 11 is 5.11. The number of rotatable bonds is 5. The van der Waals surface area contributed by atoms with Crippen molar-refractivity contribution in [2.45, 2.75) is 44.0 Å². The number of hydrogen-bond acceptors (Lipinski definition) is 5. The highest BCUT2D eigenvalue weighted by molar-refractivity contribution is 8.00. The van der Waals surface area contributed by atoms with E-state index in [1.807, 2.05) is 0 Å². The van der Waals surface area contributed by atoms with Crippen LogP contribution in [0.4, 0.5) is 0 Å². The van der Waals surface area contributed by atoms with Gasteiger partial charge in [0.1, 0.15) is 0 Å². The summed E-state index contributed by atoms with van der Waals surface area (Å²) in [5.41, 5.74) is 4.85. The van der Waals surface area contributed by atoms with Gasteiger partial charge in [0, 0.05) is 20.6 Å². The maximum absolute atomic E-state index is 13.5. The van der Waals surface area contributed by atoms with Crippen molar-refractivity contribution < 1.29 is 4.79 Å². The van der Waals surface area contributed by atoms with E-state index < -0.39 is 0 Å². The van der Waals surface area contributed by atoms with Gasteiger partial charge in [0.15, 0.2) is 0 Å². The molecule has 3 aromatic rings.